The minimum atomic E-state index is 0.139. The molecule has 0 N–H and O–H groups in total. The molecule has 5 heteroatoms. The van der Waals surface area contributed by atoms with Gasteiger partial charge in [0.15, 0.2) is 0 Å². The van der Waals surface area contributed by atoms with Crippen LogP contribution in [0.4, 0.5) is 0 Å². The van der Waals surface area contributed by atoms with E-state index >= 15 is 0 Å². The van der Waals surface area contributed by atoms with Gasteiger partial charge in [-0.25, -0.2) is 4.98 Å². The number of likely N-dealkylation sites (tertiary alicyclic amines) is 2. The summed E-state index contributed by atoms with van der Waals surface area (Å²) in [5.41, 5.74) is 0.639. The zero-order valence-electron chi connectivity index (χ0n) is 12.3. The Bertz CT molecular complexity index is 487. The number of hydrogen-bond donors (Lipinski definition) is 0. The molecule has 3 heterocycles. The van der Waals surface area contributed by atoms with Gasteiger partial charge in [0, 0.05) is 24.0 Å². The summed E-state index contributed by atoms with van der Waals surface area (Å²) in [5.74, 6) is 0.139. The number of amides is 1. The standard InChI is InChI=1S/C15H23N3OS/c1-3-17-8-4-6-13(17)14-7-5-9-18(14)15(19)12-10-20-11(2)16-12/h10,13-14H,3-9H2,1-2H3/t13-,14-/m1/s1. The molecule has 2 aliphatic rings. The molecule has 2 saturated heterocycles. The predicted octanol–water partition coefficient (Wildman–Crippen LogP) is 2.54. The van der Waals surface area contributed by atoms with E-state index in [9.17, 15) is 4.79 Å². The van der Waals surface area contributed by atoms with Crippen molar-refractivity contribution in [2.24, 2.45) is 0 Å². The van der Waals surface area contributed by atoms with Crippen molar-refractivity contribution in [3.05, 3.63) is 16.1 Å². The fourth-order valence-electron chi connectivity index (χ4n) is 3.73. The van der Waals surface area contributed by atoms with Crippen molar-refractivity contribution in [2.75, 3.05) is 19.6 Å². The Hall–Kier alpha value is -0.940. The van der Waals surface area contributed by atoms with Crippen LogP contribution in [0, 0.1) is 6.92 Å². The van der Waals surface area contributed by atoms with Crippen LogP contribution in [0.15, 0.2) is 5.38 Å². The van der Waals surface area contributed by atoms with Crippen molar-refractivity contribution in [1.29, 1.82) is 0 Å². The lowest BCUT2D eigenvalue weighted by Crippen LogP contribution is -2.48. The third kappa shape index (κ3) is 2.49. The van der Waals surface area contributed by atoms with Crippen molar-refractivity contribution in [1.82, 2.24) is 14.8 Å². The number of likely N-dealkylation sites (N-methyl/N-ethyl adjacent to an activating group) is 1. The van der Waals surface area contributed by atoms with E-state index in [4.69, 9.17) is 0 Å². The van der Waals surface area contributed by atoms with Crippen LogP contribution in [-0.4, -0.2) is 52.4 Å². The van der Waals surface area contributed by atoms with E-state index in [-0.39, 0.29) is 5.91 Å². The molecule has 110 valence electrons. The van der Waals surface area contributed by atoms with Crippen molar-refractivity contribution in [3.63, 3.8) is 0 Å². The minimum absolute atomic E-state index is 0.139. The fourth-order valence-corrected chi connectivity index (χ4v) is 4.32. The molecule has 1 amide bonds. The van der Waals surface area contributed by atoms with Gasteiger partial charge in [0.1, 0.15) is 5.69 Å². The zero-order valence-corrected chi connectivity index (χ0v) is 13.2. The molecule has 2 aliphatic heterocycles. The van der Waals surface area contributed by atoms with E-state index in [0.29, 0.717) is 17.8 Å². The molecule has 0 aromatic carbocycles. The Morgan fingerprint density at radius 1 is 1.35 bits per heavy atom. The Morgan fingerprint density at radius 3 is 2.80 bits per heavy atom. The van der Waals surface area contributed by atoms with Gasteiger partial charge in [-0.2, -0.15) is 0 Å². The van der Waals surface area contributed by atoms with Crippen LogP contribution in [0.2, 0.25) is 0 Å². The first kappa shape index (κ1) is 14.0. The molecule has 0 bridgehead atoms. The maximum Gasteiger partial charge on any atom is 0.273 e. The van der Waals surface area contributed by atoms with Gasteiger partial charge in [0.2, 0.25) is 0 Å². The second kappa shape index (κ2) is 5.82. The van der Waals surface area contributed by atoms with Crippen molar-refractivity contribution >= 4 is 17.2 Å². The molecule has 0 radical (unpaired) electrons. The van der Waals surface area contributed by atoms with Crippen LogP contribution in [0.1, 0.15) is 48.1 Å². The normalized spacial score (nSPS) is 27.4. The summed E-state index contributed by atoms with van der Waals surface area (Å²) in [6.45, 7) is 7.37. The highest BCUT2D eigenvalue weighted by atomic mass is 32.1. The highest BCUT2D eigenvalue weighted by Crippen LogP contribution is 2.30. The number of aryl methyl sites for hydroxylation is 1. The van der Waals surface area contributed by atoms with E-state index in [1.54, 1.807) is 11.3 Å². The largest absolute Gasteiger partial charge is 0.333 e. The Labute approximate surface area is 124 Å². The molecule has 20 heavy (non-hydrogen) atoms. The van der Waals surface area contributed by atoms with Crippen LogP contribution in [0.5, 0.6) is 0 Å². The molecular formula is C15H23N3OS. The quantitative estimate of drug-likeness (QED) is 0.859. The summed E-state index contributed by atoms with van der Waals surface area (Å²) in [6, 6.07) is 0.957. The first-order valence-electron chi connectivity index (χ1n) is 7.68. The SMILES string of the molecule is CCN1CCC[C@@H]1[C@H]1CCCN1C(=O)c1csc(C)n1. The molecule has 0 spiro atoms. The summed E-state index contributed by atoms with van der Waals surface area (Å²) < 4.78 is 0. The number of hydrogen-bond acceptors (Lipinski definition) is 4. The maximum absolute atomic E-state index is 12.7. The van der Waals surface area contributed by atoms with Crippen LogP contribution in [0.25, 0.3) is 0 Å². The second-order valence-corrected chi connectivity index (χ2v) is 6.86. The molecule has 1 aromatic heterocycles. The van der Waals surface area contributed by atoms with Crippen LogP contribution < -0.4 is 0 Å². The lowest BCUT2D eigenvalue weighted by molar-refractivity contribution is 0.0645. The number of carbonyl (C=O) groups is 1. The maximum atomic E-state index is 12.7. The Kier molecular flexibility index (Phi) is 4.08. The van der Waals surface area contributed by atoms with Gasteiger partial charge < -0.3 is 4.90 Å². The monoisotopic (exact) mass is 293 g/mol. The van der Waals surface area contributed by atoms with E-state index in [0.717, 1.165) is 30.9 Å². The van der Waals surface area contributed by atoms with Crippen molar-refractivity contribution in [3.8, 4) is 0 Å². The molecule has 2 atom stereocenters. The van der Waals surface area contributed by atoms with Gasteiger partial charge in [-0.3, -0.25) is 9.69 Å². The summed E-state index contributed by atoms with van der Waals surface area (Å²) in [6.07, 6.45) is 4.79. The summed E-state index contributed by atoms with van der Waals surface area (Å²) >= 11 is 1.56. The third-order valence-corrected chi connectivity index (χ3v) is 5.44. The number of nitrogens with zero attached hydrogens (tertiary/aromatic N) is 3. The average Bonchev–Trinajstić information content (AvgIpc) is 3.16. The average molecular weight is 293 g/mol. The highest BCUT2D eigenvalue weighted by molar-refractivity contribution is 7.09. The van der Waals surface area contributed by atoms with E-state index < -0.39 is 0 Å². The van der Waals surface area contributed by atoms with Gasteiger partial charge in [0.05, 0.1) is 5.01 Å². The van der Waals surface area contributed by atoms with Gasteiger partial charge in [-0.1, -0.05) is 6.92 Å². The topological polar surface area (TPSA) is 36.4 Å². The highest BCUT2D eigenvalue weighted by Gasteiger charge is 2.39. The molecule has 0 saturated carbocycles. The lowest BCUT2D eigenvalue weighted by atomic mass is 10.0. The van der Waals surface area contributed by atoms with E-state index in [1.807, 2.05) is 12.3 Å². The Morgan fingerprint density at radius 2 is 2.10 bits per heavy atom. The van der Waals surface area contributed by atoms with Crippen molar-refractivity contribution in [2.45, 2.75) is 51.6 Å². The molecule has 4 nitrogen and oxygen atoms in total. The van der Waals surface area contributed by atoms with Crippen LogP contribution in [0.3, 0.4) is 0 Å². The molecular weight excluding hydrogens is 270 g/mol. The molecule has 2 fully saturated rings. The number of thiazole rings is 1. The molecule has 0 aliphatic carbocycles. The minimum Gasteiger partial charge on any atom is -0.333 e. The summed E-state index contributed by atoms with van der Waals surface area (Å²) in [7, 11) is 0. The van der Waals surface area contributed by atoms with E-state index in [2.05, 4.69) is 21.7 Å². The lowest BCUT2D eigenvalue weighted by Gasteiger charge is -2.34. The smallest absolute Gasteiger partial charge is 0.273 e. The first-order chi connectivity index (χ1) is 9.70. The molecule has 3 rings (SSSR count). The molecule has 1 aromatic rings. The van der Waals surface area contributed by atoms with Crippen molar-refractivity contribution < 1.29 is 4.79 Å². The zero-order chi connectivity index (χ0) is 14.1. The number of aromatic nitrogens is 1. The van der Waals surface area contributed by atoms with Gasteiger partial charge in [-0.05, 0) is 45.7 Å². The number of carbonyl (C=O) groups excluding carboxylic acids is 1. The summed E-state index contributed by atoms with van der Waals surface area (Å²) in [4.78, 5) is 21.7. The predicted molar refractivity (Wildman–Crippen MR) is 81.2 cm³/mol. The van der Waals surface area contributed by atoms with E-state index in [1.165, 1.54) is 19.4 Å². The first-order valence-corrected chi connectivity index (χ1v) is 8.56. The number of rotatable bonds is 3. The van der Waals surface area contributed by atoms with Crippen LogP contribution in [-0.2, 0) is 0 Å². The van der Waals surface area contributed by atoms with Gasteiger partial charge in [0.25, 0.3) is 5.91 Å². The van der Waals surface area contributed by atoms with Crippen LogP contribution >= 0.6 is 11.3 Å². The third-order valence-electron chi connectivity index (χ3n) is 4.66. The summed E-state index contributed by atoms with van der Waals surface area (Å²) in [5, 5.41) is 2.87. The fraction of sp³-hybridized carbons (Fsp3) is 0.733. The van der Waals surface area contributed by atoms with Gasteiger partial charge >= 0.3 is 0 Å². The second-order valence-electron chi connectivity index (χ2n) is 5.80. The Balaban J connectivity index is 1.77. The molecule has 0 unspecified atom stereocenters. The van der Waals surface area contributed by atoms with Gasteiger partial charge in [-0.15, -0.1) is 11.3 Å².